The number of fused-ring (bicyclic) bond motifs is 1. The summed E-state index contributed by atoms with van der Waals surface area (Å²) >= 11 is 5.97. The topological polar surface area (TPSA) is 81.1 Å². The number of ether oxygens (including phenoxy) is 1. The van der Waals surface area contributed by atoms with E-state index in [4.69, 9.17) is 16.3 Å². The van der Waals surface area contributed by atoms with E-state index in [-0.39, 0.29) is 5.91 Å². The fourth-order valence-corrected chi connectivity index (χ4v) is 4.06. The molecular weight excluding hydrogens is 450 g/mol. The zero-order valence-corrected chi connectivity index (χ0v) is 19.2. The molecule has 0 radical (unpaired) electrons. The number of nitrogens with zero attached hydrogens (tertiary/aromatic N) is 3. The molecule has 1 aliphatic rings. The summed E-state index contributed by atoms with van der Waals surface area (Å²) in [5, 5.41) is 11.3. The second-order valence-electron chi connectivity index (χ2n) is 7.90. The highest BCUT2D eigenvalue weighted by Crippen LogP contribution is 2.36. The lowest BCUT2D eigenvalue weighted by molar-refractivity contribution is -0.113. The van der Waals surface area contributed by atoms with Crippen LogP contribution >= 0.6 is 11.6 Å². The maximum Gasteiger partial charge on any atom is 0.255 e. The fraction of sp³-hybridized carbons (Fsp3) is 0.115. The summed E-state index contributed by atoms with van der Waals surface area (Å²) < 4.78 is 7.74. The number of nitrogens with one attached hydrogen (secondary N) is 2. The average molecular weight is 472 g/mol. The quantitative estimate of drug-likeness (QED) is 0.391. The number of carbonyl (C=O) groups excluding carboxylic acids is 1. The number of hydrogen-bond acceptors (Lipinski definition) is 5. The van der Waals surface area contributed by atoms with E-state index < -0.39 is 6.04 Å². The number of benzene rings is 3. The minimum absolute atomic E-state index is 0.213. The van der Waals surface area contributed by atoms with E-state index in [0.29, 0.717) is 34.6 Å². The Morgan fingerprint density at radius 3 is 2.68 bits per heavy atom. The summed E-state index contributed by atoms with van der Waals surface area (Å²) in [6.45, 7) is 2.27. The third-order valence-corrected chi connectivity index (χ3v) is 5.82. The molecule has 4 aromatic rings. The number of allylic oxidation sites excluding steroid dienone is 1. The zero-order valence-electron chi connectivity index (χ0n) is 18.4. The van der Waals surface area contributed by atoms with E-state index in [0.717, 1.165) is 16.8 Å². The smallest absolute Gasteiger partial charge is 0.255 e. The van der Waals surface area contributed by atoms with Gasteiger partial charge in [-0.3, -0.25) is 4.79 Å². The Hall–Kier alpha value is -4.10. The van der Waals surface area contributed by atoms with Crippen molar-refractivity contribution in [2.75, 3.05) is 10.6 Å². The van der Waals surface area contributed by atoms with E-state index in [1.807, 2.05) is 85.8 Å². The van der Waals surface area contributed by atoms with E-state index in [9.17, 15) is 4.79 Å². The Kier molecular flexibility index (Phi) is 6.01. The Morgan fingerprint density at radius 1 is 1.09 bits per heavy atom. The molecule has 0 spiro atoms. The summed E-state index contributed by atoms with van der Waals surface area (Å²) in [5.41, 5.74) is 3.85. The molecule has 0 fully saturated rings. The van der Waals surface area contributed by atoms with Gasteiger partial charge in [0, 0.05) is 16.4 Å². The second kappa shape index (κ2) is 9.41. The van der Waals surface area contributed by atoms with Crippen molar-refractivity contribution in [3.8, 4) is 5.75 Å². The molecule has 7 nitrogen and oxygen atoms in total. The van der Waals surface area contributed by atoms with Crippen molar-refractivity contribution >= 4 is 29.1 Å². The van der Waals surface area contributed by atoms with Gasteiger partial charge in [-0.1, -0.05) is 54.1 Å². The first kappa shape index (κ1) is 21.7. The minimum atomic E-state index is -0.471. The number of para-hydroxylation sites is 1. The molecule has 5 rings (SSSR count). The van der Waals surface area contributed by atoms with Gasteiger partial charge in [-0.25, -0.2) is 4.68 Å². The van der Waals surface area contributed by atoms with Crippen LogP contribution in [-0.4, -0.2) is 20.7 Å². The first-order chi connectivity index (χ1) is 16.6. The Bertz CT molecular complexity index is 1350. The molecule has 1 aromatic heterocycles. The Morgan fingerprint density at radius 2 is 1.88 bits per heavy atom. The van der Waals surface area contributed by atoms with Gasteiger partial charge in [0.25, 0.3) is 5.91 Å². The molecule has 1 amide bonds. The van der Waals surface area contributed by atoms with Gasteiger partial charge in [-0.2, -0.15) is 10.1 Å². The molecule has 1 atom stereocenters. The van der Waals surface area contributed by atoms with Gasteiger partial charge in [-0.15, -0.1) is 0 Å². The molecule has 170 valence electrons. The van der Waals surface area contributed by atoms with Gasteiger partial charge >= 0.3 is 0 Å². The maximum atomic E-state index is 13.4. The number of aromatic nitrogens is 3. The van der Waals surface area contributed by atoms with Crippen LogP contribution in [0.2, 0.25) is 5.02 Å². The van der Waals surface area contributed by atoms with E-state index in [1.54, 1.807) is 4.68 Å². The van der Waals surface area contributed by atoms with Crippen LogP contribution in [0.1, 0.15) is 24.1 Å². The third-order valence-electron chi connectivity index (χ3n) is 5.56. The SMILES string of the molecule is CC1=C(C(=O)Nc2ccccc2)C(c2cccc(OCc3ccc(Cl)cc3)c2)n2ncnc2N1. The van der Waals surface area contributed by atoms with Crippen LogP contribution in [0.15, 0.2) is 96.5 Å². The number of rotatable bonds is 6. The highest BCUT2D eigenvalue weighted by atomic mass is 35.5. The van der Waals surface area contributed by atoms with Gasteiger partial charge in [0.15, 0.2) is 0 Å². The average Bonchev–Trinajstić information content (AvgIpc) is 3.31. The van der Waals surface area contributed by atoms with Gasteiger partial charge in [0.1, 0.15) is 24.7 Å². The second-order valence-corrected chi connectivity index (χ2v) is 8.34. The maximum absolute atomic E-state index is 13.4. The van der Waals surface area contributed by atoms with Crippen molar-refractivity contribution in [3.05, 3.63) is 113 Å². The highest BCUT2D eigenvalue weighted by molar-refractivity contribution is 6.30. The number of halogens is 1. The predicted molar refractivity (Wildman–Crippen MR) is 132 cm³/mol. The summed E-state index contributed by atoms with van der Waals surface area (Å²) in [5.74, 6) is 1.05. The number of hydrogen-bond donors (Lipinski definition) is 2. The van der Waals surface area contributed by atoms with Crippen LogP contribution in [0.4, 0.5) is 11.6 Å². The predicted octanol–water partition coefficient (Wildman–Crippen LogP) is 5.44. The molecule has 8 heteroatoms. The number of amides is 1. The van der Waals surface area contributed by atoms with Crippen LogP contribution in [0.3, 0.4) is 0 Å². The third kappa shape index (κ3) is 4.51. The van der Waals surface area contributed by atoms with E-state index in [2.05, 4.69) is 20.7 Å². The van der Waals surface area contributed by atoms with Crippen molar-refractivity contribution in [2.24, 2.45) is 0 Å². The molecule has 0 saturated heterocycles. The van der Waals surface area contributed by atoms with Crippen LogP contribution in [0, 0.1) is 0 Å². The fourth-order valence-electron chi connectivity index (χ4n) is 3.93. The molecule has 1 aliphatic heterocycles. The monoisotopic (exact) mass is 471 g/mol. The van der Waals surface area contributed by atoms with Crippen LogP contribution in [-0.2, 0) is 11.4 Å². The molecule has 3 aromatic carbocycles. The standard InChI is InChI=1S/C26H22ClN5O2/c1-17-23(25(33)31-21-7-3-2-4-8-21)24(32-26(30-17)28-16-29-32)19-6-5-9-22(14-19)34-15-18-10-12-20(27)13-11-18/h2-14,16,24H,15H2,1H3,(H,31,33)(H,28,29,30). The van der Waals surface area contributed by atoms with Crippen molar-refractivity contribution in [2.45, 2.75) is 19.6 Å². The minimum Gasteiger partial charge on any atom is -0.489 e. The van der Waals surface area contributed by atoms with E-state index >= 15 is 0 Å². The first-order valence-electron chi connectivity index (χ1n) is 10.8. The highest BCUT2D eigenvalue weighted by Gasteiger charge is 2.33. The lowest BCUT2D eigenvalue weighted by Crippen LogP contribution is -2.31. The summed E-state index contributed by atoms with van der Waals surface area (Å²) in [6.07, 6.45) is 1.47. The molecule has 1 unspecified atom stereocenters. The lowest BCUT2D eigenvalue weighted by Gasteiger charge is -2.29. The van der Waals surface area contributed by atoms with Crippen LogP contribution in [0.25, 0.3) is 0 Å². The molecule has 0 bridgehead atoms. The normalized spacial score (nSPS) is 14.8. The van der Waals surface area contributed by atoms with Crippen molar-refractivity contribution < 1.29 is 9.53 Å². The van der Waals surface area contributed by atoms with E-state index in [1.165, 1.54) is 6.33 Å². The van der Waals surface area contributed by atoms with Crippen molar-refractivity contribution in [1.29, 1.82) is 0 Å². The van der Waals surface area contributed by atoms with Gasteiger partial charge in [0.05, 0.1) is 5.57 Å². The number of anilines is 2. The molecule has 34 heavy (non-hydrogen) atoms. The Labute approximate surface area is 202 Å². The molecule has 0 saturated carbocycles. The summed E-state index contributed by atoms with van der Waals surface area (Å²) in [6, 6.07) is 24.1. The zero-order chi connectivity index (χ0) is 23.5. The lowest BCUT2D eigenvalue weighted by atomic mass is 9.95. The van der Waals surface area contributed by atoms with Crippen LogP contribution < -0.4 is 15.4 Å². The Balaban J connectivity index is 1.45. The molecule has 2 heterocycles. The first-order valence-corrected chi connectivity index (χ1v) is 11.2. The molecule has 0 aliphatic carbocycles. The number of carbonyl (C=O) groups is 1. The summed E-state index contributed by atoms with van der Waals surface area (Å²) in [7, 11) is 0. The van der Waals surface area contributed by atoms with Crippen LogP contribution in [0.5, 0.6) is 5.75 Å². The van der Waals surface area contributed by atoms with Gasteiger partial charge in [-0.05, 0) is 54.4 Å². The largest absolute Gasteiger partial charge is 0.489 e. The molecular formula is C26H22ClN5O2. The summed E-state index contributed by atoms with van der Waals surface area (Å²) in [4.78, 5) is 17.7. The molecule has 2 N–H and O–H groups in total. The van der Waals surface area contributed by atoms with Crippen molar-refractivity contribution in [3.63, 3.8) is 0 Å². The van der Waals surface area contributed by atoms with Gasteiger partial charge in [0.2, 0.25) is 5.95 Å². The van der Waals surface area contributed by atoms with Crippen molar-refractivity contribution in [1.82, 2.24) is 14.8 Å². The van der Waals surface area contributed by atoms with Gasteiger partial charge < -0.3 is 15.4 Å².